The van der Waals surface area contributed by atoms with E-state index in [2.05, 4.69) is 27.7 Å². The van der Waals surface area contributed by atoms with Gasteiger partial charge in [0.2, 0.25) is 0 Å². The fraction of sp³-hybridized carbons (Fsp3) is 1.00. The van der Waals surface area contributed by atoms with Crippen LogP contribution in [0.15, 0.2) is 0 Å². The number of aliphatic hydroxyl groups excluding tert-OH is 7. The van der Waals surface area contributed by atoms with Crippen LogP contribution in [0.3, 0.4) is 0 Å². The van der Waals surface area contributed by atoms with Gasteiger partial charge in [-0.15, -0.1) is 0 Å². The van der Waals surface area contributed by atoms with Crippen LogP contribution in [0.4, 0.5) is 0 Å². The maximum absolute atomic E-state index is 11.1. The predicted molar refractivity (Wildman–Crippen MR) is 183 cm³/mol. The van der Waals surface area contributed by atoms with E-state index >= 15 is 0 Å². The third-order valence-corrected chi connectivity index (χ3v) is 16.2. The first-order chi connectivity index (χ1) is 24.7. The van der Waals surface area contributed by atoms with Crippen molar-refractivity contribution in [1.82, 2.24) is 0 Å². The number of rotatable bonds is 6. The molecule has 4 saturated heterocycles. The van der Waals surface area contributed by atoms with Crippen molar-refractivity contribution < 1.29 is 64.2 Å². The minimum absolute atomic E-state index is 0.168. The van der Waals surface area contributed by atoms with E-state index in [9.17, 15) is 35.7 Å². The van der Waals surface area contributed by atoms with E-state index in [1.165, 1.54) is 25.7 Å². The first-order valence-corrected chi connectivity index (χ1v) is 20.3. The van der Waals surface area contributed by atoms with Crippen molar-refractivity contribution in [3.8, 4) is 0 Å². The molecule has 4 aliphatic carbocycles. The van der Waals surface area contributed by atoms with Gasteiger partial charge in [0.15, 0.2) is 18.4 Å². The monoisotopic (exact) mass is 740 g/mol. The number of aliphatic hydroxyl groups is 7. The molecular weight excluding hydrogens is 676 g/mol. The number of fused-ring (bicyclic) bond motifs is 7. The SMILES string of the molecule is C[C@@H]1CC[C@@]2(OC1)O[C@H]1C[C@H]3[C@@H]4CC[C@@H]5C[C@@H](O[C@@H]6O[C@@H](CO)[C@H](O)[C@H](O)[C@@H]6O[C@@H]6O[C@@H](CO)[C@@H](O)[C@H](O)[C@@H]6O)CC[C@]5(C)[C@H]4CC[C@]3(C)[C@H]1[C@@H]2C. The highest BCUT2D eigenvalue weighted by Gasteiger charge is 2.69. The summed E-state index contributed by atoms with van der Waals surface area (Å²) in [6.07, 6.45) is -3.88. The second kappa shape index (κ2) is 14.1. The van der Waals surface area contributed by atoms with Crippen molar-refractivity contribution in [3.63, 3.8) is 0 Å². The quantitative estimate of drug-likeness (QED) is 0.194. The summed E-state index contributed by atoms with van der Waals surface area (Å²) in [5.41, 5.74) is 0.425. The van der Waals surface area contributed by atoms with Crippen LogP contribution in [0.2, 0.25) is 0 Å². The van der Waals surface area contributed by atoms with E-state index in [1.807, 2.05) is 0 Å². The third-order valence-electron chi connectivity index (χ3n) is 16.2. The Morgan fingerprint density at radius 1 is 0.673 bits per heavy atom. The molecule has 0 aromatic rings. The summed E-state index contributed by atoms with van der Waals surface area (Å²) in [7, 11) is 0. The van der Waals surface area contributed by atoms with Gasteiger partial charge in [0.1, 0.15) is 48.8 Å². The van der Waals surface area contributed by atoms with E-state index in [0.717, 1.165) is 45.1 Å². The lowest BCUT2D eigenvalue weighted by Gasteiger charge is -2.61. The topological polar surface area (TPSA) is 197 Å². The molecule has 4 saturated carbocycles. The standard InChI is InChI=1S/C39H64O13/c1-18-7-12-39(47-17-18)19(2)28-25(52-39)14-24-22-6-5-20-13-21(8-10-37(20,3)23(22)9-11-38(24,28)4)48-36-34(32(45)30(43)27(16-41)50-36)51-35-33(46)31(44)29(42)26(15-40)49-35/h18-36,40-46H,5-17H2,1-4H3/t18-,19+,20-,21+,22-,23+,24+,25+,26+,27+,28+,29-,30+,31+,32+,33+,34+,35+,36-,37+,38+,39-/m1/s1. The van der Waals surface area contributed by atoms with Crippen LogP contribution in [-0.2, 0) is 28.4 Å². The summed E-state index contributed by atoms with van der Waals surface area (Å²) < 4.78 is 37.5. The Morgan fingerprint density at radius 3 is 2.06 bits per heavy atom. The number of hydrogen-bond acceptors (Lipinski definition) is 13. The molecule has 0 radical (unpaired) electrons. The number of hydrogen-bond donors (Lipinski definition) is 7. The van der Waals surface area contributed by atoms with Gasteiger partial charge in [0.25, 0.3) is 0 Å². The second-order valence-corrected chi connectivity index (χ2v) is 18.7. The van der Waals surface area contributed by atoms with Crippen LogP contribution in [0.1, 0.15) is 91.9 Å². The molecule has 4 aliphatic heterocycles. The molecule has 0 aromatic carbocycles. The van der Waals surface area contributed by atoms with E-state index in [1.54, 1.807) is 0 Å². The zero-order valence-corrected chi connectivity index (χ0v) is 31.2. The molecule has 0 bridgehead atoms. The van der Waals surface area contributed by atoms with E-state index in [-0.39, 0.29) is 23.0 Å². The summed E-state index contributed by atoms with van der Waals surface area (Å²) in [4.78, 5) is 0. The lowest BCUT2D eigenvalue weighted by atomic mass is 9.44. The first kappa shape index (κ1) is 38.4. The van der Waals surface area contributed by atoms with Gasteiger partial charge in [-0.1, -0.05) is 27.7 Å². The number of ether oxygens (including phenoxy) is 6. The van der Waals surface area contributed by atoms with Crippen molar-refractivity contribution in [3.05, 3.63) is 0 Å². The van der Waals surface area contributed by atoms with E-state index in [0.29, 0.717) is 41.4 Å². The fourth-order valence-electron chi connectivity index (χ4n) is 13.2. The van der Waals surface area contributed by atoms with Crippen LogP contribution in [0.5, 0.6) is 0 Å². The minimum Gasteiger partial charge on any atom is -0.394 e. The van der Waals surface area contributed by atoms with Gasteiger partial charge < -0.3 is 64.2 Å². The van der Waals surface area contributed by atoms with Gasteiger partial charge >= 0.3 is 0 Å². The van der Waals surface area contributed by atoms with Crippen molar-refractivity contribution in [1.29, 1.82) is 0 Å². The van der Waals surface area contributed by atoms with Gasteiger partial charge in [-0.3, -0.25) is 0 Å². The Bertz CT molecular complexity index is 1260. The molecule has 1 spiro atoms. The van der Waals surface area contributed by atoms with Crippen LogP contribution in [-0.4, -0.2) is 135 Å². The maximum Gasteiger partial charge on any atom is 0.187 e. The molecule has 8 fully saturated rings. The Hall–Kier alpha value is -0.520. The summed E-state index contributed by atoms with van der Waals surface area (Å²) in [6.45, 7) is 9.33. The van der Waals surface area contributed by atoms with E-state index < -0.39 is 80.4 Å². The van der Waals surface area contributed by atoms with Crippen molar-refractivity contribution in [2.45, 2.75) is 171 Å². The molecule has 0 aromatic heterocycles. The van der Waals surface area contributed by atoms with Gasteiger partial charge in [0, 0.05) is 12.3 Å². The van der Waals surface area contributed by atoms with Crippen molar-refractivity contribution in [2.24, 2.45) is 52.3 Å². The molecule has 52 heavy (non-hydrogen) atoms. The predicted octanol–water partition coefficient (Wildman–Crippen LogP) is 1.44. The normalized spacial score (nSPS) is 59.0. The maximum atomic E-state index is 11.1. The summed E-state index contributed by atoms with van der Waals surface area (Å²) in [5, 5.41) is 72.7. The van der Waals surface area contributed by atoms with Crippen molar-refractivity contribution >= 4 is 0 Å². The van der Waals surface area contributed by atoms with Gasteiger partial charge in [0.05, 0.1) is 32.0 Å². The summed E-state index contributed by atoms with van der Waals surface area (Å²) in [6, 6.07) is 0. The molecule has 13 heteroatoms. The smallest absolute Gasteiger partial charge is 0.187 e. The third kappa shape index (κ3) is 5.98. The highest BCUT2D eigenvalue weighted by atomic mass is 16.8. The zero-order valence-electron chi connectivity index (χ0n) is 31.2. The minimum atomic E-state index is -1.71. The summed E-state index contributed by atoms with van der Waals surface area (Å²) in [5.74, 6) is 3.51. The lowest BCUT2D eigenvalue weighted by Crippen LogP contribution is -2.65. The first-order valence-electron chi connectivity index (χ1n) is 20.3. The average Bonchev–Trinajstić information content (AvgIpc) is 3.58. The van der Waals surface area contributed by atoms with E-state index in [4.69, 9.17) is 28.4 Å². The van der Waals surface area contributed by atoms with Crippen molar-refractivity contribution in [2.75, 3.05) is 19.8 Å². The molecule has 8 rings (SSSR count). The Kier molecular flexibility index (Phi) is 10.4. The molecule has 298 valence electrons. The van der Waals surface area contributed by atoms with Crippen LogP contribution in [0.25, 0.3) is 0 Å². The molecule has 13 nitrogen and oxygen atoms in total. The molecule has 8 aliphatic rings. The van der Waals surface area contributed by atoms with Crippen LogP contribution < -0.4 is 0 Å². The highest BCUT2D eigenvalue weighted by molar-refractivity contribution is 5.15. The zero-order chi connectivity index (χ0) is 36.9. The van der Waals surface area contributed by atoms with Gasteiger partial charge in [-0.2, -0.15) is 0 Å². The molecular formula is C39H64O13. The Morgan fingerprint density at radius 2 is 1.37 bits per heavy atom. The molecule has 4 heterocycles. The Balaban J connectivity index is 0.942. The fourth-order valence-corrected chi connectivity index (χ4v) is 13.2. The molecule has 0 amide bonds. The van der Waals surface area contributed by atoms with Gasteiger partial charge in [-0.05, 0) is 104 Å². The average molecular weight is 741 g/mol. The lowest BCUT2D eigenvalue weighted by molar-refractivity contribution is -0.373. The van der Waals surface area contributed by atoms with Crippen LogP contribution >= 0.6 is 0 Å². The highest BCUT2D eigenvalue weighted by Crippen LogP contribution is 2.71. The molecule has 22 atom stereocenters. The molecule has 7 N–H and O–H groups in total. The van der Waals surface area contributed by atoms with Crippen LogP contribution in [0, 0.1) is 52.3 Å². The van der Waals surface area contributed by atoms with Gasteiger partial charge in [-0.25, -0.2) is 0 Å². The summed E-state index contributed by atoms with van der Waals surface area (Å²) >= 11 is 0. The Labute approximate surface area is 307 Å². The largest absolute Gasteiger partial charge is 0.394 e. The second-order valence-electron chi connectivity index (χ2n) is 18.7. The molecule has 0 unspecified atom stereocenters.